The van der Waals surface area contributed by atoms with Crippen LogP contribution in [0.2, 0.25) is 0 Å². The molecule has 0 aromatic rings. The molecule has 0 saturated heterocycles. The summed E-state index contributed by atoms with van der Waals surface area (Å²) in [6.07, 6.45) is 19.7. The normalized spacial score (nSPS) is 14.2. The van der Waals surface area contributed by atoms with Crippen molar-refractivity contribution in [2.24, 2.45) is 0 Å². The van der Waals surface area contributed by atoms with Crippen molar-refractivity contribution in [1.29, 1.82) is 0 Å². The Morgan fingerprint density at radius 1 is 0.885 bits per heavy atom. The van der Waals surface area contributed by atoms with Crippen LogP contribution < -0.4 is 5.32 Å². The number of aliphatic hydroxyl groups is 2. The molecular formula is C22H41NO3. The number of amides is 1. The molecule has 0 aliphatic carbocycles. The first-order chi connectivity index (χ1) is 12.7. The lowest BCUT2D eigenvalue weighted by atomic mass is 10.1. The van der Waals surface area contributed by atoms with Gasteiger partial charge >= 0.3 is 0 Å². The van der Waals surface area contributed by atoms with Crippen LogP contribution in [0, 0.1) is 0 Å². The van der Waals surface area contributed by atoms with Crippen molar-refractivity contribution in [2.75, 3.05) is 6.61 Å². The summed E-state index contributed by atoms with van der Waals surface area (Å²) in [5.74, 6) is -0.0902. The molecule has 4 nitrogen and oxygen atoms in total. The van der Waals surface area contributed by atoms with Crippen LogP contribution in [0.3, 0.4) is 0 Å². The highest BCUT2D eigenvalue weighted by atomic mass is 16.3. The fourth-order valence-electron chi connectivity index (χ4n) is 2.73. The summed E-state index contributed by atoms with van der Waals surface area (Å²) in [7, 11) is 0. The molecule has 3 N–H and O–H groups in total. The lowest BCUT2D eigenvalue weighted by Crippen LogP contribution is -2.45. The van der Waals surface area contributed by atoms with Gasteiger partial charge in [0, 0.05) is 6.42 Å². The molecule has 0 rings (SSSR count). The molecule has 0 saturated carbocycles. The van der Waals surface area contributed by atoms with E-state index in [-0.39, 0.29) is 12.5 Å². The molecule has 2 unspecified atom stereocenters. The largest absolute Gasteiger partial charge is 0.394 e. The van der Waals surface area contributed by atoms with Crippen molar-refractivity contribution in [3.8, 4) is 0 Å². The number of carbonyl (C=O) groups excluding carboxylic acids is 1. The second kappa shape index (κ2) is 18.7. The molecule has 0 aliphatic heterocycles. The third-order valence-corrected chi connectivity index (χ3v) is 4.42. The van der Waals surface area contributed by atoms with Gasteiger partial charge < -0.3 is 15.5 Å². The predicted molar refractivity (Wildman–Crippen MR) is 110 cm³/mol. The molecule has 0 heterocycles. The van der Waals surface area contributed by atoms with Gasteiger partial charge in [-0.15, -0.1) is 0 Å². The van der Waals surface area contributed by atoms with Crippen LogP contribution in [0.4, 0.5) is 0 Å². The highest BCUT2D eigenvalue weighted by Crippen LogP contribution is 2.08. The van der Waals surface area contributed by atoms with E-state index in [0.717, 1.165) is 38.5 Å². The Labute approximate surface area is 160 Å². The molecule has 0 radical (unpaired) electrons. The number of rotatable bonds is 17. The Morgan fingerprint density at radius 2 is 1.50 bits per heavy atom. The lowest BCUT2D eigenvalue weighted by Gasteiger charge is -2.19. The van der Waals surface area contributed by atoms with Gasteiger partial charge in [0.05, 0.1) is 18.8 Å². The average Bonchev–Trinajstić information content (AvgIpc) is 2.64. The Bertz CT molecular complexity index is 380. The first-order valence-corrected chi connectivity index (χ1v) is 10.6. The van der Waals surface area contributed by atoms with Crippen molar-refractivity contribution >= 4 is 5.91 Å². The number of hydrogen-bond acceptors (Lipinski definition) is 3. The number of nitrogens with one attached hydrogen (secondary N) is 1. The average molecular weight is 368 g/mol. The van der Waals surface area contributed by atoms with Gasteiger partial charge in [0.1, 0.15) is 0 Å². The molecule has 152 valence electrons. The van der Waals surface area contributed by atoms with Crippen molar-refractivity contribution in [3.63, 3.8) is 0 Å². The van der Waals surface area contributed by atoms with E-state index in [4.69, 9.17) is 0 Å². The standard InChI is InChI=1S/C22H41NO3/c1-3-5-7-9-11-13-15-17-21(25)20(19-24)23-22(26)18-16-14-12-10-8-6-4-2/h7,9,15,17,20-21,24-25H,3-6,8,10-14,16,18-19H2,1-2H3,(H,23,26)/b9-7+,17-15+. The molecule has 0 aliphatic rings. The van der Waals surface area contributed by atoms with Crippen LogP contribution in [-0.2, 0) is 4.79 Å². The number of carbonyl (C=O) groups is 1. The Morgan fingerprint density at radius 3 is 2.15 bits per heavy atom. The van der Waals surface area contributed by atoms with E-state index in [1.165, 1.54) is 32.1 Å². The summed E-state index contributed by atoms with van der Waals surface area (Å²) in [5, 5.41) is 22.3. The molecule has 0 bridgehead atoms. The van der Waals surface area contributed by atoms with Gasteiger partial charge in [0.2, 0.25) is 5.91 Å². The van der Waals surface area contributed by atoms with Crippen LogP contribution >= 0.6 is 0 Å². The topological polar surface area (TPSA) is 69.6 Å². The summed E-state index contributed by atoms with van der Waals surface area (Å²) in [5.41, 5.74) is 0. The maximum atomic E-state index is 12.0. The van der Waals surface area contributed by atoms with Gasteiger partial charge in [-0.3, -0.25) is 4.79 Å². The summed E-state index contributed by atoms with van der Waals surface area (Å²) < 4.78 is 0. The van der Waals surface area contributed by atoms with E-state index < -0.39 is 12.1 Å². The van der Waals surface area contributed by atoms with Gasteiger partial charge in [0.15, 0.2) is 0 Å². The molecule has 0 spiro atoms. The molecule has 0 aromatic heterocycles. The fraction of sp³-hybridized carbons (Fsp3) is 0.773. The van der Waals surface area contributed by atoms with E-state index in [9.17, 15) is 15.0 Å². The lowest BCUT2D eigenvalue weighted by molar-refractivity contribution is -0.123. The van der Waals surface area contributed by atoms with Crippen molar-refractivity contribution in [1.82, 2.24) is 5.32 Å². The van der Waals surface area contributed by atoms with E-state index in [1.807, 2.05) is 6.08 Å². The summed E-state index contributed by atoms with van der Waals surface area (Å²) >= 11 is 0. The predicted octanol–water partition coefficient (Wildman–Crippen LogP) is 4.66. The van der Waals surface area contributed by atoms with Gasteiger partial charge in [-0.1, -0.05) is 83.1 Å². The van der Waals surface area contributed by atoms with E-state index in [2.05, 4.69) is 31.3 Å². The third-order valence-electron chi connectivity index (χ3n) is 4.42. The van der Waals surface area contributed by atoms with Crippen LogP contribution in [-0.4, -0.2) is 34.9 Å². The first-order valence-electron chi connectivity index (χ1n) is 10.6. The summed E-state index contributed by atoms with van der Waals surface area (Å²) in [6, 6.07) is -0.626. The fourth-order valence-corrected chi connectivity index (χ4v) is 2.73. The van der Waals surface area contributed by atoms with Crippen LogP contribution in [0.15, 0.2) is 24.3 Å². The summed E-state index contributed by atoms with van der Waals surface area (Å²) in [6.45, 7) is 4.10. The van der Waals surface area contributed by atoms with Crippen LogP contribution in [0.25, 0.3) is 0 Å². The zero-order valence-corrected chi connectivity index (χ0v) is 17.0. The smallest absolute Gasteiger partial charge is 0.220 e. The quantitative estimate of drug-likeness (QED) is 0.259. The van der Waals surface area contributed by atoms with Gasteiger partial charge in [-0.2, -0.15) is 0 Å². The zero-order valence-electron chi connectivity index (χ0n) is 17.0. The van der Waals surface area contributed by atoms with Crippen LogP contribution in [0.1, 0.15) is 90.9 Å². The van der Waals surface area contributed by atoms with Crippen LogP contribution in [0.5, 0.6) is 0 Å². The van der Waals surface area contributed by atoms with Gasteiger partial charge in [-0.25, -0.2) is 0 Å². The van der Waals surface area contributed by atoms with Crippen molar-refractivity contribution in [2.45, 2.75) is 103 Å². The van der Waals surface area contributed by atoms with E-state index in [1.54, 1.807) is 6.08 Å². The Balaban J connectivity index is 3.90. The summed E-state index contributed by atoms with van der Waals surface area (Å²) in [4.78, 5) is 12.0. The molecule has 0 aromatic carbocycles. The third kappa shape index (κ3) is 15.2. The van der Waals surface area contributed by atoms with Crippen molar-refractivity contribution < 1.29 is 15.0 Å². The second-order valence-electron chi connectivity index (χ2n) is 6.98. The number of hydrogen-bond donors (Lipinski definition) is 3. The maximum Gasteiger partial charge on any atom is 0.220 e. The number of unbranched alkanes of at least 4 members (excludes halogenated alkanes) is 8. The molecular weight excluding hydrogens is 326 g/mol. The molecule has 0 fully saturated rings. The minimum atomic E-state index is -0.849. The molecule has 26 heavy (non-hydrogen) atoms. The Kier molecular flexibility index (Phi) is 17.8. The van der Waals surface area contributed by atoms with Crippen molar-refractivity contribution in [3.05, 3.63) is 24.3 Å². The van der Waals surface area contributed by atoms with E-state index >= 15 is 0 Å². The first kappa shape index (κ1) is 24.9. The SMILES string of the molecule is CCC/C=C/CC/C=C/C(O)C(CO)NC(=O)CCCCCCCCC. The number of allylic oxidation sites excluding steroid dienone is 3. The minimum Gasteiger partial charge on any atom is -0.394 e. The Hall–Kier alpha value is -1.13. The highest BCUT2D eigenvalue weighted by molar-refractivity contribution is 5.76. The molecule has 2 atom stereocenters. The minimum absolute atomic E-state index is 0.0902. The maximum absolute atomic E-state index is 12.0. The molecule has 4 heteroatoms. The second-order valence-corrected chi connectivity index (χ2v) is 6.98. The monoisotopic (exact) mass is 367 g/mol. The van der Waals surface area contributed by atoms with E-state index in [0.29, 0.717) is 6.42 Å². The highest BCUT2D eigenvalue weighted by Gasteiger charge is 2.17. The zero-order chi connectivity index (χ0) is 19.5. The van der Waals surface area contributed by atoms with Gasteiger partial charge in [-0.05, 0) is 25.7 Å². The number of aliphatic hydroxyl groups excluding tert-OH is 2. The molecule has 1 amide bonds. The van der Waals surface area contributed by atoms with Gasteiger partial charge in [0.25, 0.3) is 0 Å².